The van der Waals surface area contributed by atoms with Crippen molar-refractivity contribution < 1.29 is 4.79 Å². The van der Waals surface area contributed by atoms with Crippen LogP contribution in [0, 0.1) is 5.92 Å². The van der Waals surface area contributed by atoms with Gasteiger partial charge in [-0.05, 0) is 46.2 Å². The lowest BCUT2D eigenvalue weighted by molar-refractivity contribution is -0.122. The van der Waals surface area contributed by atoms with Gasteiger partial charge in [0.1, 0.15) is 5.78 Å². The predicted octanol–water partition coefficient (Wildman–Crippen LogP) is 3.11. The topological polar surface area (TPSA) is 20.3 Å². The van der Waals surface area contributed by atoms with Gasteiger partial charge in [0.05, 0.1) is 0 Å². The Balaban J connectivity index is 0.000000921. The van der Waals surface area contributed by atoms with Gasteiger partial charge >= 0.3 is 0 Å². The Morgan fingerprint density at radius 3 is 2.13 bits per heavy atom. The maximum atomic E-state index is 11.1. The molecule has 15 heavy (non-hydrogen) atoms. The maximum Gasteiger partial charge on any atom is 0.133 e. The predicted molar refractivity (Wildman–Crippen MR) is 66.1 cm³/mol. The molecule has 0 aliphatic carbocycles. The first kappa shape index (κ1) is 14.6. The van der Waals surface area contributed by atoms with Crippen molar-refractivity contribution in [3.63, 3.8) is 0 Å². The quantitative estimate of drug-likeness (QED) is 0.718. The minimum atomic E-state index is 0.348. The average Bonchev–Trinajstić information content (AvgIpc) is 2.31. The second-order valence-corrected chi connectivity index (χ2v) is 4.18. The van der Waals surface area contributed by atoms with E-state index in [0.717, 1.165) is 25.9 Å². The highest BCUT2D eigenvalue weighted by atomic mass is 16.1. The van der Waals surface area contributed by atoms with E-state index in [1.807, 2.05) is 13.8 Å². The van der Waals surface area contributed by atoms with E-state index in [4.69, 9.17) is 0 Å². The van der Waals surface area contributed by atoms with E-state index in [0.29, 0.717) is 17.7 Å². The van der Waals surface area contributed by atoms with Crippen LogP contribution in [0.1, 0.15) is 53.9 Å². The molecule has 0 N–H and O–H groups in total. The highest BCUT2D eigenvalue weighted by molar-refractivity contribution is 5.78. The molecule has 1 atom stereocenters. The summed E-state index contributed by atoms with van der Waals surface area (Å²) < 4.78 is 0. The first-order valence-electron chi connectivity index (χ1n) is 6.39. The normalized spacial score (nSPS) is 20.3. The molecular weight excluding hydrogens is 186 g/mol. The van der Waals surface area contributed by atoms with Crippen molar-refractivity contribution in [3.8, 4) is 0 Å². The van der Waals surface area contributed by atoms with Gasteiger partial charge in [-0.25, -0.2) is 0 Å². The van der Waals surface area contributed by atoms with Crippen LogP contribution in [0.3, 0.4) is 0 Å². The zero-order chi connectivity index (χ0) is 11.8. The first-order chi connectivity index (χ1) is 7.15. The summed E-state index contributed by atoms with van der Waals surface area (Å²) in [6.45, 7) is 12.4. The summed E-state index contributed by atoms with van der Waals surface area (Å²) in [5, 5.41) is 0. The van der Waals surface area contributed by atoms with Gasteiger partial charge in [-0.2, -0.15) is 0 Å². The first-order valence-corrected chi connectivity index (χ1v) is 6.39. The van der Waals surface area contributed by atoms with Gasteiger partial charge in [-0.1, -0.05) is 20.8 Å². The van der Waals surface area contributed by atoms with Crippen LogP contribution in [-0.4, -0.2) is 29.8 Å². The number of hydrogen-bond acceptors (Lipinski definition) is 2. The van der Waals surface area contributed by atoms with E-state index in [-0.39, 0.29) is 0 Å². The molecule has 0 spiro atoms. The van der Waals surface area contributed by atoms with Crippen LogP contribution in [0.15, 0.2) is 0 Å². The average molecular weight is 213 g/mol. The molecule has 1 rings (SSSR count). The van der Waals surface area contributed by atoms with Gasteiger partial charge in [0.15, 0.2) is 0 Å². The van der Waals surface area contributed by atoms with Crippen LogP contribution in [-0.2, 0) is 4.79 Å². The lowest BCUT2D eigenvalue weighted by Gasteiger charge is -2.34. The fraction of sp³-hybridized carbons (Fsp3) is 0.923. The molecule has 2 heteroatoms. The number of nitrogens with zero attached hydrogens (tertiary/aromatic N) is 1. The Kier molecular flexibility index (Phi) is 7.67. The third kappa shape index (κ3) is 4.78. The van der Waals surface area contributed by atoms with Crippen LogP contribution in [0.2, 0.25) is 0 Å². The van der Waals surface area contributed by atoms with E-state index in [1.165, 1.54) is 6.42 Å². The molecule has 0 aromatic carbocycles. The molecule has 1 heterocycles. The molecule has 0 aromatic heterocycles. The van der Waals surface area contributed by atoms with Crippen molar-refractivity contribution in [3.05, 3.63) is 0 Å². The third-order valence-corrected chi connectivity index (χ3v) is 3.32. The number of piperidine rings is 1. The van der Waals surface area contributed by atoms with Crippen LogP contribution in [0.5, 0.6) is 0 Å². The SMILES string of the molecule is CC.CCC(C)N1CCC(C(C)=O)CC1. The fourth-order valence-electron chi connectivity index (χ4n) is 2.00. The van der Waals surface area contributed by atoms with Gasteiger partial charge in [0.2, 0.25) is 0 Å². The molecule has 2 nitrogen and oxygen atoms in total. The minimum Gasteiger partial charge on any atom is -0.301 e. The zero-order valence-corrected chi connectivity index (χ0v) is 11.0. The fourth-order valence-corrected chi connectivity index (χ4v) is 2.00. The van der Waals surface area contributed by atoms with E-state index in [2.05, 4.69) is 18.7 Å². The van der Waals surface area contributed by atoms with Crippen molar-refractivity contribution in [2.75, 3.05) is 13.1 Å². The van der Waals surface area contributed by atoms with Crippen molar-refractivity contribution in [2.24, 2.45) is 5.92 Å². The molecule has 0 bridgehead atoms. The summed E-state index contributed by atoms with van der Waals surface area (Å²) in [7, 11) is 0. The van der Waals surface area contributed by atoms with Gasteiger partial charge in [-0.15, -0.1) is 0 Å². The van der Waals surface area contributed by atoms with Gasteiger partial charge in [0.25, 0.3) is 0 Å². The summed E-state index contributed by atoms with van der Waals surface area (Å²) >= 11 is 0. The van der Waals surface area contributed by atoms with Crippen LogP contribution >= 0.6 is 0 Å². The van der Waals surface area contributed by atoms with Crippen molar-refractivity contribution in [2.45, 2.75) is 59.9 Å². The Hall–Kier alpha value is -0.370. The molecule has 90 valence electrons. The Labute approximate surface area is 95.0 Å². The van der Waals surface area contributed by atoms with Crippen molar-refractivity contribution >= 4 is 5.78 Å². The molecular formula is C13H27NO. The summed E-state index contributed by atoms with van der Waals surface area (Å²) in [6, 6.07) is 0.688. The molecule has 1 aliphatic heterocycles. The molecule has 1 aliphatic rings. The second kappa shape index (κ2) is 7.86. The Morgan fingerprint density at radius 2 is 1.80 bits per heavy atom. The largest absolute Gasteiger partial charge is 0.301 e. The van der Waals surface area contributed by atoms with E-state index < -0.39 is 0 Å². The van der Waals surface area contributed by atoms with Crippen LogP contribution in [0.4, 0.5) is 0 Å². The monoisotopic (exact) mass is 213 g/mol. The highest BCUT2D eigenvalue weighted by Gasteiger charge is 2.23. The Bertz CT molecular complexity index is 171. The summed E-state index contributed by atoms with van der Waals surface area (Å²) in [5.74, 6) is 0.726. The lowest BCUT2D eigenvalue weighted by Crippen LogP contribution is -2.40. The molecule has 1 unspecified atom stereocenters. The summed E-state index contributed by atoms with van der Waals surface area (Å²) in [6.07, 6.45) is 3.35. The summed E-state index contributed by atoms with van der Waals surface area (Å²) in [5.41, 5.74) is 0. The van der Waals surface area contributed by atoms with Gasteiger partial charge in [0, 0.05) is 12.0 Å². The number of carbonyl (C=O) groups is 1. The molecule has 0 radical (unpaired) electrons. The summed E-state index contributed by atoms with van der Waals surface area (Å²) in [4.78, 5) is 13.6. The zero-order valence-electron chi connectivity index (χ0n) is 11.0. The molecule has 0 amide bonds. The number of hydrogen-bond donors (Lipinski definition) is 0. The number of Topliss-reactive ketones (excluding diaryl/α,β-unsaturated/α-hetero) is 1. The van der Waals surface area contributed by atoms with Crippen LogP contribution in [0.25, 0.3) is 0 Å². The lowest BCUT2D eigenvalue weighted by atomic mass is 9.92. The smallest absolute Gasteiger partial charge is 0.133 e. The maximum absolute atomic E-state index is 11.1. The third-order valence-electron chi connectivity index (χ3n) is 3.32. The number of carbonyl (C=O) groups excluding carboxylic acids is 1. The van der Waals surface area contributed by atoms with Crippen molar-refractivity contribution in [1.29, 1.82) is 0 Å². The minimum absolute atomic E-state index is 0.348. The number of ketones is 1. The molecule has 1 fully saturated rings. The highest BCUT2D eigenvalue weighted by Crippen LogP contribution is 2.20. The molecule has 0 saturated carbocycles. The number of rotatable bonds is 3. The van der Waals surface area contributed by atoms with Gasteiger partial charge < -0.3 is 4.90 Å². The molecule has 0 aromatic rings. The van der Waals surface area contributed by atoms with Crippen LogP contribution < -0.4 is 0 Å². The second-order valence-electron chi connectivity index (χ2n) is 4.18. The van der Waals surface area contributed by atoms with E-state index in [1.54, 1.807) is 6.92 Å². The number of likely N-dealkylation sites (tertiary alicyclic amines) is 1. The molecule has 1 saturated heterocycles. The van der Waals surface area contributed by atoms with Crippen molar-refractivity contribution in [1.82, 2.24) is 4.90 Å². The Morgan fingerprint density at radius 1 is 1.33 bits per heavy atom. The van der Waals surface area contributed by atoms with Gasteiger partial charge in [-0.3, -0.25) is 4.79 Å². The van der Waals surface area contributed by atoms with E-state index >= 15 is 0 Å². The standard InChI is InChI=1S/C11H21NO.C2H6/c1-4-9(2)12-7-5-11(6-8-12)10(3)13;1-2/h9,11H,4-8H2,1-3H3;1-2H3. The van der Waals surface area contributed by atoms with E-state index in [9.17, 15) is 4.79 Å².